The standard InChI is InChI=1S/C18H16ClF3N4O2/c1-8(9-3-2-4-10(15(9)20)16(21)22)23-18(27)11-5-14(19)25-26-13-7-28-6-12(13)24-17(11)26/h2-5,8,12-13,16H,6-7H2,1H3,(H,23,27)/t8-,12-,13+/m1/s1. The van der Waals surface area contributed by atoms with Crippen molar-refractivity contribution in [2.24, 2.45) is 10.1 Å². The lowest BCUT2D eigenvalue weighted by molar-refractivity contribution is -0.117. The molecule has 0 saturated carbocycles. The Labute approximate surface area is 163 Å². The summed E-state index contributed by atoms with van der Waals surface area (Å²) in [6.45, 7) is 2.36. The van der Waals surface area contributed by atoms with Crippen LogP contribution in [0.3, 0.4) is 0 Å². The van der Waals surface area contributed by atoms with Gasteiger partial charge in [-0.05, 0) is 13.0 Å². The summed E-state index contributed by atoms with van der Waals surface area (Å²) >= 11 is 6.06. The van der Waals surface area contributed by atoms with Crippen LogP contribution in [0.1, 0.15) is 30.5 Å². The first kappa shape index (κ1) is 18.9. The van der Waals surface area contributed by atoms with E-state index in [0.29, 0.717) is 19.0 Å². The van der Waals surface area contributed by atoms with Crippen molar-refractivity contribution in [3.63, 3.8) is 0 Å². The summed E-state index contributed by atoms with van der Waals surface area (Å²) in [5.41, 5.74) is -0.547. The number of nitrogens with one attached hydrogen (secondary N) is 1. The molecule has 3 heterocycles. The minimum absolute atomic E-state index is 0.0298. The Morgan fingerprint density at radius 3 is 2.86 bits per heavy atom. The number of alkyl halides is 2. The molecule has 3 aliphatic rings. The molecule has 0 spiro atoms. The van der Waals surface area contributed by atoms with Gasteiger partial charge in [0.1, 0.15) is 17.9 Å². The van der Waals surface area contributed by atoms with E-state index in [9.17, 15) is 18.0 Å². The highest BCUT2D eigenvalue weighted by Crippen LogP contribution is 2.31. The third-order valence-corrected chi connectivity index (χ3v) is 5.09. The van der Waals surface area contributed by atoms with Crippen LogP contribution < -0.4 is 5.32 Å². The summed E-state index contributed by atoms with van der Waals surface area (Å²) < 4.78 is 45.6. The van der Waals surface area contributed by atoms with E-state index in [0.717, 1.165) is 6.07 Å². The number of carbonyl (C=O) groups is 1. The molecule has 1 amide bonds. The van der Waals surface area contributed by atoms with E-state index in [1.165, 1.54) is 25.1 Å². The Morgan fingerprint density at radius 1 is 1.36 bits per heavy atom. The fourth-order valence-electron chi connectivity index (χ4n) is 3.48. The Hall–Kier alpha value is -2.39. The first-order valence-corrected chi connectivity index (χ1v) is 9.03. The number of rotatable bonds is 4. The van der Waals surface area contributed by atoms with Gasteiger partial charge in [0.05, 0.1) is 30.4 Å². The molecule has 4 rings (SSSR count). The number of fused-ring (bicyclic) bond motifs is 3. The van der Waals surface area contributed by atoms with Crippen molar-refractivity contribution in [2.45, 2.75) is 31.5 Å². The van der Waals surface area contributed by atoms with Gasteiger partial charge >= 0.3 is 0 Å². The average Bonchev–Trinajstić information content (AvgIpc) is 3.22. The summed E-state index contributed by atoms with van der Waals surface area (Å²) in [5, 5.41) is 8.51. The second-order valence-corrected chi connectivity index (χ2v) is 7.08. The number of carbonyl (C=O) groups excluding carboxylic acids is 1. The van der Waals surface area contributed by atoms with Crippen molar-refractivity contribution < 1.29 is 22.7 Å². The lowest BCUT2D eigenvalue weighted by atomic mass is 10.0. The molecule has 28 heavy (non-hydrogen) atoms. The van der Waals surface area contributed by atoms with Crippen LogP contribution in [-0.4, -0.2) is 47.2 Å². The van der Waals surface area contributed by atoms with Crippen LogP contribution >= 0.6 is 11.6 Å². The van der Waals surface area contributed by atoms with Gasteiger partial charge in [0.15, 0.2) is 11.0 Å². The second-order valence-electron chi connectivity index (χ2n) is 6.70. The molecular weight excluding hydrogens is 397 g/mol. The number of halogens is 4. The fraction of sp³-hybridized carbons (Fsp3) is 0.389. The summed E-state index contributed by atoms with van der Waals surface area (Å²) in [5.74, 6) is -1.21. The molecule has 0 radical (unpaired) electrons. The molecule has 0 unspecified atom stereocenters. The summed E-state index contributed by atoms with van der Waals surface area (Å²) in [7, 11) is 0. The fourth-order valence-corrected chi connectivity index (χ4v) is 3.67. The molecule has 1 aromatic rings. The van der Waals surface area contributed by atoms with Crippen LogP contribution in [0.15, 0.2) is 39.9 Å². The van der Waals surface area contributed by atoms with Crippen molar-refractivity contribution in [1.29, 1.82) is 0 Å². The third kappa shape index (κ3) is 3.18. The van der Waals surface area contributed by atoms with Gasteiger partial charge in [-0.1, -0.05) is 29.8 Å². The number of ether oxygens (including phenoxy) is 1. The van der Waals surface area contributed by atoms with Gasteiger partial charge in [0, 0.05) is 5.56 Å². The molecular formula is C18H16ClF3N4O2. The first-order chi connectivity index (χ1) is 13.4. The predicted molar refractivity (Wildman–Crippen MR) is 97.0 cm³/mol. The van der Waals surface area contributed by atoms with Gasteiger partial charge in [-0.2, -0.15) is 5.10 Å². The molecule has 1 fully saturated rings. The van der Waals surface area contributed by atoms with Gasteiger partial charge < -0.3 is 10.1 Å². The Bertz CT molecular complexity index is 918. The van der Waals surface area contributed by atoms with Crippen LogP contribution in [0.4, 0.5) is 13.2 Å². The van der Waals surface area contributed by atoms with Gasteiger partial charge in [-0.25, -0.2) is 18.2 Å². The van der Waals surface area contributed by atoms with Gasteiger partial charge in [0.25, 0.3) is 12.3 Å². The third-order valence-electron chi connectivity index (χ3n) is 4.90. The lowest BCUT2D eigenvalue weighted by Crippen LogP contribution is -2.42. The largest absolute Gasteiger partial charge is 0.377 e. The van der Waals surface area contributed by atoms with Crippen LogP contribution in [-0.2, 0) is 9.53 Å². The molecule has 1 N–H and O–H groups in total. The summed E-state index contributed by atoms with van der Waals surface area (Å²) in [6, 6.07) is 2.59. The minimum Gasteiger partial charge on any atom is -0.377 e. The molecule has 1 saturated heterocycles. The highest BCUT2D eigenvalue weighted by atomic mass is 35.5. The van der Waals surface area contributed by atoms with Crippen molar-refractivity contribution in [2.75, 3.05) is 13.2 Å². The SMILES string of the molecule is C[C@@H](NC(=O)C1=CC(Cl)=NN2C1=N[C@@H]1COC[C@@H]12)c1cccc(C(F)F)c1F. The highest BCUT2D eigenvalue weighted by molar-refractivity contribution is 6.69. The predicted octanol–water partition coefficient (Wildman–Crippen LogP) is 2.91. The Balaban J connectivity index is 1.57. The molecule has 3 atom stereocenters. The molecule has 148 valence electrons. The van der Waals surface area contributed by atoms with Crippen molar-refractivity contribution in [3.8, 4) is 0 Å². The number of allylic oxidation sites excluding steroid dienone is 1. The maximum Gasteiger partial charge on any atom is 0.266 e. The topological polar surface area (TPSA) is 66.3 Å². The molecule has 0 aromatic heterocycles. The van der Waals surface area contributed by atoms with Crippen molar-refractivity contribution >= 4 is 28.5 Å². The molecule has 3 aliphatic heterocycles. The maximum absolute atomic E-state index is 14.4. The maximum atomic E-state index is 14.4. The smallest absolute Gasteiger partial charge is 0.266 e. The lowest BCUT2D eigenvalue weighted by Gasteiger charge is -2.26. The van der Waals surface area contributed by atoms with Crippen LogP contribution in [0.5, 0.6) is 0 Å². The zero-order chi connectivity index (χ0) is 20.0. The van der Waals surface area contributed by atoms with Gasteiger partial charge in [-0.15, -0.1) is 0 Å². The van der Waals surface area contributed by atoms with Crippen LogP contribution in [0.25, 0.3) is 0 Å². The van der Waals surface area contributed by atoms with E-state index in [2.05, 4.69) is 15.4 Å². The quantitative estimate of drug-likeness (QED) is 0.827. The van der Waals surface area contributed by atoms with E-state index in [1.807, 2.05) is 0 Å². The number of hydrogen-bond donors (Lipinski definition) is 1. The van der Waals surface area contributed by atoms with E-state index < -0.39 is 29.8 Å². The van der Waals surface area contributed by atoms with E-state index >= 15 is 0 Å². The van der Waals surface area contributed by atoms with Crippen LogP contribution in [0.2, 0.25) is 0 Å². The van der Waals surface area contributed by atoms with Gasteiger partial charge in [-0.3, -0.25) is 9.79 Å². The number of benzene rings is 1. The van der Waals surface area contributed by atoms with Gasteiger partial charge in [0.2, 0.25) is 0 Å². The van der Waals surface area contributed by atoms with Crippen LogP contribution in [0, 0.1) is 5.82 Å². The zero-order valence-electron chi connectivity index (χ0n) is 14.7. The second kappa shape index (κ2) is 7.21. The number of hydrazone groups is 1. The number of nitrogens with zero attached hydrogens (tertiary/aromatic N) is 3. The average molecular weight is 413 g/mol. The number of amidine groups is 1. The molecule has 1 aromatic carbocycles. The minimum atomic E-state index is -2.94. The molecule has 6 nitrogen and oxygen atoms in total. The van der Waals surface area contributed by atoms with E-state index in [4.69, 9.17) is 16.3 Å². The first-order valence-electron chi connectivity index (χ1n) is 8.65. The number of aliphatic imine (C=N–C) groups is 1. The molecule has 10 heteroatoms. The number of hydrogen-bond acceptors (Lipinski definition) is 5. The summed E-state index contributed by atoms with van der Waals surface area (Å²) in [6.07, 6.45) is -1.56. The molecule has 0 aliphatic carbocycles. The zero-order valence-corrected chi connectivity index (χ0v) is 15.5. The highest BCUT2D eigenvalue weighted by Gasteiger charge is 2.44. The monoisotopic (exact) mass is 412 g/mol. The van der Waals surface area contributed by atoms with E-state index in [1.54, 1.807) is 5.01 Å². The Morgan fingerprint density at radius 2 is 2.11 bits per heavy atom. The van der Waals surface area contributed by atoms with Crippen molar-refractivity contribution in [3.05, 3.63) is 46.8 Å². The molecule has 0 bridgehead atoms. The Kier molecular flexibility index (Phi) is 4.88. The number of amides is 1. The summed E-state index contributed by atoms with van der Waals surface area (Å²) in [4.78, 5) is 17.3. The van der Waals surface area contributed by atoms with Crippen molar-refractivity contribution in [1.82, 2.24) is 10.3 Å². The van der Waals surface area contributed by atoms with E-state index in [-0.39, 0.29) is 28.4 Å². The normalized spacial score (nSPS) is 24.4.